The van der Waals surface area contributed by atoms with Crippen molar-refractivity contribution in [2.75, 3.05) is 25.0 Å². The molecule has 1 saturated heterocycles. The second-order valence-corrected chi connectivity index (χ2v) is 8.24. The number of halogens is 3. The standard InChI is InChI=1S/C21H22F3N5O2/c1-11-6-15-14(3-5-17-19(15)31-20(30)28-17)18(29(11)10-21(22,23)24)16-4-2-12(9-26-16)27-13-7-25-8-13/h2-5,9,11,13,18,25,27H,6-8,10H2,1H3,(H,28,30)/t11-,18?/m1/s1. The highest BCUT2D eigenvalue weighted by Gasteiger charge is 2.42. The van der Waals surface area contributed by atoms with Gasteiger partial charge in [-0.05, 0) is 37.1 Å². The molecule has 1 fully saturated rings. The molecule has 3 N–H and O–H groups in total. The number of hydrogen-bond acceptors (Lipinski definition) is 6. The van der Waals surface area contributed by atoms with Gasteiger partial charge in [0.25, 0.3) is 0 Å². The van der Waals surface area contributed by atoms with Crippen molar-refractivity contribution in [3.05, 3.63) is 57.8 Å². The number of anilines is 1. The van der Waals surface area contributed by atoms with Gasteiger partial charge < -0.3 is 15.1 Å². The van der Waals surface area contributed by atoms with Gasteiger partial charge in [0.1, 0.15) is 0 Å². The van der Waals surface area contributed by atoms with Crippen molar-refractivity contribution in [2.24, 2.45) is 0 Å². The Bertz CT molecular complexity index is 1150. The molecule has 5 rings (SSSR count). The smallest absolute Gasteiger partial charge is 0.408 e. The third kappa shape index (κ3) is 3.81. The highest BCUT2D eigenvalue weighted by Crippen LogP contribution is 2.41. The number of alkyl halides is 3. The fraction of sp³-hybridized carbons (Fsp3) is 0.429. The lowest BCUT2D eigenvalue weighted by Gasteiger charge is -2.41. The van der Waals surface area contributed by atoms with Gasteiger partial charge >= 0.3 is 11.9 Å². The number of nitrogens with one attached hydrogen (secondary N) is 3. The van der Waals surface area contributed by atoms with Gasteiger partial charge in [-0.3, -0.25) is 14.9 Å². The largest absolute Gasteiger partial charge is 0.417 e. The Morgan fingerprint density at radius 3 is 2.71 bits per heavy atom. The third-order valence-electron chi connectivity index (χ3n) is 6.00. The summed E-state index contributed by atoms with van der Waals surface area (Å²) in [7, 11) is 0. The summed E-state index contributed by atoms with van der Waals surface area (Å²) in [6.07, 6.45) is -2.35. The number of pyridine rings is 1. The monoisotopic (exact) mass is 433 g/mol. The molecule has 31 heavy (non-hydrogen) atoms. The predicted octanol–water partition coefficient (Wildman–Crippen LogP) is 2.80. The van der Waals surface area contributed by atoms with Crippen LogP contribution in [0.25, 0.3) is 11.1 Å². The molecular weight excluding hydrogens is 411 g/mol. The number of rotatable bonds is 4. The number of H-pyrrole nitrogens is 1. The fourth-order valence-corrected chi connectivity index (χ4v) is 4.46. The van der Waals surface area contributed by atoms with Crippen LogP contribution in [0.15, 0.2) is 39.7 Å². The number of hydrogen-bond donors (Lipinski definition) is 3. The molecule has 1 unspecified atom stereocenters. The lowest BCUT2D eigenvalue weighted by molar-refractivity contribution is -0.155. The van der Waals surface area contributed by atoms with Gasteiger partial charge in [0, 0.05) is 24.7 Å². The summed E-state index contributed by atoms with van der Waals surface area (Å²) in [5, 5.41) is 6.51. The van der Waals surface area contributed by atoms with Crippen LogP contribution in [0.2, 0.25) is 0 Å². The zero-order chi connectivity index (χ0) is 21.8. The molecule has 164 valence electrons. The molecule has 0 amide bonds. The van der Waals surface area contributed by atoms with E-state index in [1.54, 1.807) is 31.3 Å². The average Bonchev–Trinajstić information content (AvgIpc) is 3.06. The normalized spacial score (nSPS) is 22.3. The predicted molar refractivity (Wildman–Crippen MR) is 109 cm³/mol. The summed E-state index contributed by atoms with van der Waals surface area (Å²) in [6, 6.07) is 6.25. The highest BCUT2D eigenvalue weighted by molar-refractivity contribution is 5.78. The first kappa shape index (κ1) is 20.1. The van der Waals surface area contributed by atoms with E-state index in [0.717, 1.165) is 24.3 Å². The molecule has 0 aliphatic carbocycles. The van der Waals surface area contributed by atoms with Crippen molar-refractivity contribution in [3.8, 4) is 0 Å². The molecule has 0 bridgehead atoms. The van der Waals surface area contributed by atoms with Gasteiger partial charge in [-0.15, -0.1) is 0 Å². The average molecular weight is 433 g/mol. The maximum absolute atomic E-state index is 13.4. The van der Waals surface area contributed by atoms with E-state index in [1.165, 1.54) is 4.90 Å². The minimum absolute atomic E-state index is 0.328. The molecule has 3 aromatic rings. The zero-order valence-electron chi connectivity index (χ0n) is 16.8. The van der Waals surface area contributed by atoms with Crippen molar-refractivity contribution in [1.29, 1.82) is 0 Å². The van der Waals surface area contributed by atoms with E-state index in [2.05, 4.69) is 20.6 Å². The van der Waals surface area contributed by atoms with Crippen LogP contribution in [-0.4, -0.2) is 52.8 Å². The second-order valence-electron chi connectivity index (χ2n) is 8.24. The van der Waals surface area contributed by atoms with Crippen molar-refractivity contribution < 1.29 is 17.6 Å². The first-order valence-corrected chi connectivity index (χ1v) is 10.2. The molecule has 2 aromatic heterocycles. The summed E-state index contributed by atoms with van der Waals surface area (Å²) in [5.74, 6) is -0.579. The lowest BCUT2D eigenvalue weighted by atomic mass is 9.86. The summed E-state index contributed by atoms with van der Waals surface area (Å²) in [6.45, 7) is 2.44. The highest BCUT2D eigenvalue weighted by atomic mass is 19.4. The Hall–Kier alpha value is -2.85. The quantitative estimate of drug-likeness (QED) is 0.587. The summed E-state index contributed by atoms with van der Waals surface area (Å²) in [4.78, 5) is 20.3. The van der Waals surface area contributed by atoms with E-state index in [1.807, 2.05) is 6.07 Å². The molecular formula is C21H22F3N5O2. The molecule has 7 nitrogen and oxygen atoms in total. The maximum Gasteiger partial charge on any atom is 0.417 e. The van der Waals surface area contributed by atoms with Gasteiger partial charge in [0.15, 0.2) is 5.58 Å². The second kappa shape index (κ2) is 7.38. The number of oxazole rings is 1. The summed E-state index contributed by atoms with van der Waals surface area (Å²) >= 11 is 0. The Labute approximate surface area is 175 Å². The van der Waals surface area contributed by atoms with E-state index < -0.39 is 30.6 Å². The van der Waals surface area contributed by atoms with Gasteiger partial charge in [0.05, 0.1) is 41.7 Å². The first-order valence-electron chi connectivity index (χ1n) is 10.2. The fourth-order valence-electron chi connectivity index (χ4n) is 4.46. The molecule has 10 heteroatoms. The van der Waals surface area contributed by atoms with Crippen molar-refractivity contribution in [2.45, 2.75) is 37.6 Å². The Morgan fingerprint density at radius 2 is 2.06 bits per heavy atom. The molecule has 2 aliphatic rings. The Morgan fingerprint density at radius 1 is 1.26 bits per heavy atom. The molecule has 4 heterocycles. The van der Waals surface area contributed by atoms with Crippen LogP contribution in [-0.2, 0) is 6.42 Å². The van der Waals surface area contributed by atoms with E-state index in [9.17, 15) is 18.0 Å². The van der Waals surface area contributed by atoms with Crippen molar-refractivity contribution in [1.82, 2.24) is 20.2 Å². The van der Waals surface area contributed by atoms with Gasteiger partial charge in [0.2, 0.25) is 0 Å². The van der Waals surface area contributed by atoms with Crippen LogP contribution in [0, 0.1) is 0 Å². The number of aromatic nitrogens is 2. The van der Waals surface area contributed by atoms with Crippen LogP contribution in [0.5, 0.6) is 0 Å². The number of aromatic amines is 1. The minimum atomic E-state index is -4.35. The van der Waals surface area contributed by atoms with Gasteiger partial charge in [-0.1, -0.05) is 6.07 Å². The van der Waals surface area contributed by atoms with Crippen molar-refractivity contribution in [3.63, 3.8) is 0 Å². The van der Waals surface area contributed by atoms with Crippen LogP contribution in [0.1, 0.15) is 29.8 Å². The number of benzene rings is 1. The molecule has 2 atom stereocenters. The van der Waals surface area contributed by atoms with E-state index in [-0.39, 0.29) is 0 Å². The molecule has 1 aromatic carbocycles. The maximum atomic E-state index is 13.4. The topological polar surface area (TPSA) is 86.2 Å². The molecule has 0 radical (unpaired) electrons. The van der Waals surface area contributed by atoms with Crippen LogP contribution in [0.4, 0.5) is 18.9 Å². The van der Waals surface area contributed by atoms with Crippen LogP contribution >= 0.6 is 0 Å². The van der Waals surface area contributed by atoms with Crippen LogP contribution in [0.3, 0.4) is 0 Å². The van der Waals surface area contributed by atoms with Crippen LogP contribution < -0.4 is 16.4 Å². The van der Waals surface area contributed by atoms with Crippen molar-refractivity contribution >= 4 is 16.8 Å². The number of fused-ring (bicyclic) bond motifs is 3. The number of nitrogens with zero attached hydrogens (tertiary/aromatic N) is 2. The lowest BCUT2D eigenvalue weighted by Crippen LogP contribution is -2.51. The Kier molecular flexibility index (Phi) is 4.78. The van der Waals surface area contributed by atoms with Gasteiger partial charge in [-0.25, -0.2) is 4.79 Å². The first-order chi connectivity index (χ1) is 14.8. The van der Waals surface area contributed by atoms with E-state index >= 15 is 0 Å². The van der Waals surface area contributed by atoms with E-state index in [4.69, 9.17) is 4.42 Å². The molecule has 2 aliphatic heterocycles. The summed E-state index contributed by atoms with van der Waals surface area (Å²) < 4.78 is 45.7. The zero-order valence-corrected chi connectivity index (χ0v) is 16.8. The van der Waals surface area contributed by atoms with E-state index in [0.29, 0.717) is 34.8 Å². The molecule has 0 saturated carbocycles. The van der Waals surface area contributed by atoms with Gasteiger partial charge in [-0.2, -0.15) is 13.2 Å². The molecule has 0 spiro atoms. The minimum Gasteiger partial charge on any atom is -0.408 e. The third-order valence-corrected chi connectivity index (χ3v) is 6.00. The summed E-state index contributed by atoms with van der Waals surface area (Å²) in [5.41, 5.74) is 3.72. The SMILES string of the molecule is C[C@@H]1Cc2c(ccc3[nH]c(=O)oc23)C(c2ccc(NC3CNC3)cn2)N1CC(F)(F)F. The Balaban J connectivity index is 1.58.